The van der Waals surface area contributed by atoms with Gasteiger partial charge in [-0.2, -0.15) is 0 Å². The number of aromatic nitrogens is 2. The molecule has 3 aromatic rings. The van der Waals surface area contributed by atoms with Gasteiger partial charge in [-0.25, -0.2) is 0 Å². The molecule has 2 amide bonds. The number of thiophene rings is 1. The minimum Gasteiger partial charge on any atom is -0.478 e. The minimum absolute atomic E-state index is 0.115. The molecular weight excluding hydrogens is 408 g/mol. The maximum absolute atomic E-state index is 12.9. The van der Waals surface area contributed by atoms with Crippen molar-refractivity contribution >= 4 is 28.8 Å². The first-order valence-corrected chi connectivity index (χ1v) is 10.2. The Labute approximate surface area is 176 Å². The van der Waals surface area contributed by atoms with Gasteiger partial charge in [0, 0.05) is 13.7 Å². The standard InChI is InChI=1S/C20H20N4O5S/c1-27-9-8-24(12-17-22-23-20(29-17)16-7-4-10-30-16)18(25)11-15-19(26)21-13-5-2-3-6-14(13)28-15/h2-7,10,15H,8-9,11-12H2,1H3,(H,21,26)/t15-/m0/s1. The van der Waals surface area contributed by atoms with Gasteiger partial charge in [-0.1, -0.05) is 18.2 Å². The van der Waals surface area contributed by atoms with Crippen LogP contribution in [-0.2, 0) is 20.9 Å². The van der Waals surface area contributed by atoms with Crippen LogP contribution in [-0.4, -0.2) is 53.3 Å². The number of benzene rings is 1. The van der Waals surface area contributed by atoms with Crippen LogP contribution in [0.1, 0.15) is 12.3 Å². The van der Waals surface area contributed by atoms with Gasteiger partial charge in [-0.15, -0.1) is 21.5 Å². The minimum atomic E-state index is -0.915. The molecule has 2 aromatic heterocycles. The van der Waals surface area contributed by atoms with E-state index in [0.29, 0.717) is 36.4 Å². The fourth-order valence-corrected chi connectivity index (χ4v) is 3.63. The third kappa shape index (κ3) is 4.50. The van der Waals surface area contributed by atoms with Crippen molar-refractivity contribution in [2.75, 3.05) is 25.6 Å². The van der Waals surface area contributed by atoms with Crippen molar-refractivity contribution in [3.05, 3.63) is 47.7 Å². The zero-order valence-corrected chi connectivity index (χ0v) is 17.1. The molecule has 1 aliphatic heterocycles. The van der Waals surface area contributed by atoms with Crippen LogP contribution in [0.15, 0.2) is 46.2 Å². The van der Waals surface area contributed by atoms with Crippen molar-refractivity contribution < 1.29 is 23.5 Å². The number of carbonyl (C=O) groups excluding carboxylic acids is 2. The molecule has 156 valence electrons. The Morgan fingerprint density at radius 2 is 2.13 bits per heavy atom. The van der Waals surface area contributed by atoms with Crippen LogP contribution in [0.5, 0.6) is 5.75 Å². The molecule has 0 aliphatic carbocycles. The topological polar surface area (TPSA) is 107 Å². The van der Waals surface area contributed by atoms with Crippen molar-refractivity contribution in [1.29, 1.82) is 0 Å². The monoisotopic (exact) mass is 428 g/mol. The fraction of sp³-hybridized carbons (Fsp3) is 0.300. The van der Waals surface area contributed by atoms with Crippen molar-refractivity contribution in [2.24, 2.45) is 0 Å². The van der Waals surface area contributed by atoms with Gasteiger partial charge >= 0.3 is 0 Å². The van der Waals surface area contributed by atoms with E-state index in [1.165, 1.54) is 16.2 Å². The number of anilines is 1. The molecule has 0 bridgehead atoms. The highest BCUT2D eigenvalue weighted by atomic mass is 32.1. The lowest BCUT2D eigenvalue weighted by molar-refractivity contribution is -0.138. The molecule has 0 saturated carbocycles. The fourth-order valence-electron chi connectivity index (χ4n) is 2.99. The molecule has 10 heteroatoms. The van der Waals surface area contributed by atoms with Gasteiger partial charge in [0.1, 0.15) is 5.75 Å². The average Bonchev–Trinajstić information content (AvgIpc) is 3.43. The van der Waals surface area contributed by atoms with Crippen LogP contribution in [0, 0.1) is 0 Å². The van der Waals surface area contributed by atoms with Crippen LogP contribution >= 0.6 is 11.3 Å². The highest BCUT2D eigenvalue weighted by molar-refractivity contribution is 7.13. The number of nitrogens with one attached hydrogen (secondary N) is 1. The number of methoxy groups -OCH3 is 1. The average molecular weight is 428 g/mol. The van der Waals surface area contributed by atoms with E-state index >= 15 is 0 Å². The Bertz CT molecular complexity index is 1020. The molecule has 30 heavy (non-hydrogen) atoms. The van der Waals surface area contributed by atoms with Crippen molar-refractivity contribution in [3.8, 4) is 16.5 Å². The normalized spacial score (nSPS) is 15.2. The summed E-state index contributed by atoms with van der Waals surface area (Å²) in [5, 5.41) is 12.8. The van der Waals surface area contributed by atoms with E-state index in [0.717, 1.165) is 4.88 Å². The highest BCUT2D eigenvalue weighted by Crippen LogP contribution is 2.30. The Kier molecular flexibility index (Phi) is 6.05. The van der Waals surface area contributed by atoms with E-state index < -0.39 is 6.10 Å². The highest BCUT2D eigenvalue weighted by Gasteiger charge is 2.31. The number of nitrogens with zero attached hydrogens (tertiary/aromatic N) is 3. The summed E-state index contributed by atoms with van der Waals surface area (Å²) in [7, 11) is 1.55. The van der Waals surface area contributed by atoms with Crippen molar-refractivity contribution in [2.45, 2.75) is 19.1 Å². The van der Waals surface area contributed by atoms with Crippen molar-refractivity contribution in [1.82, 2.24) is 15.1 Å². The molecule has 0 saturated heterocycles. The van der Waals surface area contributed by atoms with E-state index in [9.17, 15) is 9.59 Å². The summed E-state index contributed by atoms with van der Waals surface area (Å²) in [6.07, 6.45) is -1.03. The first kappa shape index (κ1) is 20.0. The van der Waals surface area contributed by atoms with Crippen LogP contribution < -0.4 is 10.1 Å². The maximum atomic E-state index is 12.9. The molecule has 0 radical (unpaired) electrons. The summed E-state index contributed by atoms with van der Waals surface area (Å²) in [6, 6.07) is 10.9. The number of ether oxygens (including phenoxy) is 2. The second-order valence-corrected chi connectivity index (χ2v) is 7.53. The summed E-state index contributed by atoms with van der Waals surface area (Å²) >= 11 is 1.49. The quantitative estimate of drug-likeness (QED) is 0.588. The van der Waals surface area contributed by atoms with Crippen LogP contribution in [0.3, 0.4) is 0 Å². The smallest absolute Gasteiger partial charge is 0.266 e. The Morgan fingerprint density at radius 3 is 2.93 bits per heavy atom. The maximum Gasteiger partial charge on any atom is 0.266 e. The molecule has 3 heterocycles. The third-order valence-electron chi connectivity index (χ3n) is 4.51. The van der Waals surface area contributed by atoms with Crippen LogP contribution in [0.2, 0.25) is 0 Å². The lowest BCUT2D eigenvalue weighted by Gasteiger charge is -2.27. The van der Waals surface area contributed by atoms with E-state index in [2.05, 4.69) is 15.5 Å². The lowest BCUT2D eigenvalue weighted by Crippen LogP contribution is -2.43. The van der Waals surface area contributed by atoms with Gasteiger partial charge in [0.05, 0.1) is 30.1 Å². The molecule has 0 spiro atoms. The van der Waals surface area contributed by atoms with E-state index in [4.69, 9.17) is 13.9 Å². The number of hydrogen-bond donors (Lipinski definition) is 1. The lowest BCUT2D eigenvalue weighted by atomic mass is 10.1. The zero-order chi connectivity index (χ0) is 20.9. The second kappa shape index (κ2) is 9.06. The molecule has 0 unspecified atom stereocenters. The summed E-state index contributed by atoms with van der Waals surface area (Å²) in [5.74, 6) is 0.623. The van der Waals surface area contributed by atoms with E-state index in [1.54, 1.807) is 31.4 Å². The van der Waals surface area contributed by atoms with Gasteiger partial charge in [0.2, 0.25) is 11.8 Å². The van der Waals surface area contributed by atoms with Gasteiger partial charge < -0.3 is 24.1 Å². The predicted octanol–water partition coefficient (Wildman–Crippen LogP) is 2.56. The molecule has 9 nitrogen and oxygen atoms in total. The number of amides is 2. The zero-order valence-electron chi connectivity index (χ0n) is 16.2. The summed E-state index contributed by atoms with van der Waals surface area (Å²) in [6.45, 7) is 0.765. The molecule has 1 atom stereocenters. The Balaban J connectivity index is 1.44. The first-order chi connectivity index (χ1) is 14.6. The molecule has 1 aliphatic rings. The number of hydrogen-bond acceptors (Lipinski definition) is 8. The number of carbonyl (C=O) groups is 2. The molecular formula is C20H20N4O5S. The SMILES string of the molecule is COCCN(Cc1nnc(-c2cccs2)o1)C(=O)C[C@@H]1Oc2ccccc2NC1=O. The summed E-state index contributed by atoms with van der Waals surface area (Å²) in [5.41, 5.74) is 0.592. The second-order valence-electron chi connectivity index (χ2n) is 6.58. The van der Waals surface area contributed by atoms with Gasteiger partial charge in [-0.3, -0.25) is 9.59 Å². The summed E-state index contributed by atoms with van der Waals surface area (Å²) in [4.78, 5) is 27.7. The molecule has 4 rings (SSSR count). The van der Waals surface area contributed by atoms with Crippen molar-refractivity contribution in [3.63, 3.8) is 0 Å². The summed E-state index contributed by atoms with van der Waals surface area (Å²) < 4.78 is 16.5. The number of fused-ring (bicyclic) bond motifs is 1. The Hall–Kier alpha value is -3.24. The first-order valence-electron chi connectivity index (χ1n) is 9.33. The van der Waals surface area contributed by atoms with Crippen LogP contribution in [0.25, 0.3) is 10.8 Å². The van der Waals surface area contributed by atoms with Crippen LogP contribution in [0.4, 0.5) is 5.69 Å². The largest absolute Gasteiger partial charge is 0.478 e. The van der Waals surface area contributed by atoms with Gasteiger partial charge in [-0.05, 0) is 23.6 Å². The molecule has 1 aromatic carbocycles. The van der Waals surface area contributed by atoms with E-state index in [1.807, 2.05) is 17.5 Å². The predicted molar refractivity (Wildman–Crippen MR) is 109 cm³/mol. The van der Waals surface area contributed by atoms with Gasteiger partial charge in [0.25, 0.3) is 11.8 Å². The number of rotatable bonds is 8. The van der Waals surface area contributed by atoms with Gasteiger partial charge in [0.15, 0.2) is 6.10 Å². The third-order valence-corrected chi connectivity index (χ3v) is 5.37. The molecule has 1 N–H and O–H groups in total. The molecule has 0 fully saturated rings. The van der Waals surface area contributed by atoms with E-state index in [-0.39, 0.29) is 24.8 Å². The Morgan fingerprint density at radius 1 is 1.27 bits per heavy atom. The number of para-hydroxylation sites is 2.